The van der Waals surface area contributed by atoms with Gasteiger partial charge in [-0.1, -0.05) is 0 Å². The van der Waals surface area contributed by atoms with E-state index in [-0.39, 0.29) is 5.91 Å². The van der Waals surface area contributed by atoms with Crippen molar-refractivity contribution < 1.29 is 14.3 Å². The molecule has 23 heavy (non-hydrogen) atoms. The van der Waals surface area contributed by atoms with Crippen LogP contribution in [0.3, 0.4) is 0 Å². The van der Waals surface area contributed by atoms with Gasteiger partial charge in [-0.25, -0.2) is 4.98 Å². The van der Waals surface area contributed by atoms with Crippen LogP contribution >= 0.6 is 11.3 Å². The van der Waals surface area contributed by atoms with Crippen molar-refractivity contribution in [3.05, 3.63) is 40.3 Å². The number of nitrogens with zero attached hydrogens (tertiary/aromatic N) is 2. The van der Waals surface area contributed by atoms with E-state index in [9.17, 15) is 4.79 Å². The molecule has 1 heterocycles. The number of benzene rings is 1. The molecule has 6 heteroatoms. The minimum absolute atomic E-state index is 0.0463. The van der Waals surface area contributed by atoms with E-state index >= 15 is 0 Å². The smallest absolute Gasteiger partial charge is 0.254 e. The highest BCUT2D eigenvalue weighted by molar-refractivity contribution is 7.09. The first kappa shape index (κ1) is 15.8. The van der Waals surface area contributed by atoms with Gasteiger partial charge in [-0.15, -0.1) is 11.3 Å². The van der Waals surface area contributed by atoms with Crippen molar-refractivity contribution in [2.45, 2.75) is 25.3 Å². The normalized spacial score (nSPS) is 13.7. The Morgan fingerprint density at radius 3 is 2.70 bits per heavy atom. The molecule has 0 spiro atoms. The largest absolute Gasteiger partial charge is 0.493 e. The minimum atomic E-state index is 0.0463. The molecule has 1 aliphatic carbocycles. The van der Waals surface area contributed by atoms with Crippen LogP contribution in [-0.4, -0.2) is 42.6 Å². The summed E-state index contributed by atoms with van der Waals surface area (Å²) >= 11 is 1.63. The van der Waals surface area contributed by atoms with Crippen LogP contribution in [-0.2, 0) is 6.42 Å². The molecule has 0 bridgehead atoms. The summed E-state index contributed by atoms with van der Waals surface area (Å²) in [6, 6.07) is 5.68. The fourth-order valence-corrected chi connectivity index (χ4v) is 3.17. The maximum absolute atomic E-state index is 12.9. The second kappa shape index (κ2) is 7.00. The highest BCUT2D eigenvalue weighted by atomic mass is 32.1. The summed E-state index contributed by atoms with van der Waals surface area (Å²) in [5, 5.41) is 3.03. The number of thiazole rings is 1. The van der Waals surface area contributed by atoms with Gasteiger partial charge in [0.25, 0.3) is 5.91 Å². The minimum Gasteiger partial charge on any atom is -0.493 e. The molecule has 2 aromatic rings. The van der Waals surface area contributed by atoms with Gasteiger partial charge in [0, 0.05) is 36.1 Å². The zero-order chi connectivity index (χ0) is 16.2. The lowest BCUT2D eigenvalue weighted by Gasteiger charge is -2.22. The van der Waals surface area contributed by atoms with Crippen LogP contribution in [0.15, 0.2) is 29.8 Å². The van der Waals surface area contributed by atoms with Crippen molar-refractivity contribution >= 4 is 17.2 Å². The SMILES string of the molecule is COc1ccc(C(=O)N(CCc2nccs2)C2CC2)cc1OC. The number of hydrogen-bond acceptors (Lipinski definition) is 5. The van der Waals surface area contributed by atoms with Crippen molar-refractivity contribution in [1.82, 2.24) is 9.88 Å². The first-order valence-corrected chi connectivity index (χ1v) is 8.52. The molecule has 1 aliphatic rings. The number of carbonyl (C=O) groups excluding carboxylic acids is 1. The van der Waals surface area contributed by atoms with Gasteiger partial charge in [0.1, 0.15) is 0 Å². The Morgan fingerprint density at radius 2 is 2.09 bits per heavy atom. The number of rotatable bonds is 7. The molecule has 1 fully saturated rings. The van der Waals surface area contributed by atoms with E-state index in [0.29, 0.717) is 29.6 Å². The van der Waals surface area contributed by atoms with Gasteiger partial charge < -0.3 is 14.4 Å². The standard InChI is InChI=1S/C17H20N2O3S/c1-21-14-6-3-12(11-15(14)22-2)17(20)19(13-4-5-13)9-7-16-18-8-10-23-16/h3,6,8,10-11,13H,4-5,7,9H2,1-2H3. The predicted molar refractivity (Wildman–Crippen MR) is 89.4 cm³/mol. The zero-order valence-corrected chi connectivity index (χ0v) is 14.1. The summed E-state index contributed by atoms with van der Waals surface area (Å²) in [7, 11) is 3.16. The van der Waals surface area contributed by atoms with Gasteiger partial charge in [0.2, 0.25) is 0 Å². The number of ether oxygens (including phenoxy) is 2. The highest BCUT2D eigenvalue weighted by Gasteiger charge is 2.33. The molecule has 1 amide bonds. The Morgan fingerprint density at radius 1 is 1.30 bits per heavy atom. The predicted octanol–water partition coefficient (Wildman–Crippen LogP) is 3.01. The van der Waals surface area contributed by atoms with Crippen molar-refractivity contribution in [2.24, 2.45) is 0 Å². The first-order chi connectivity index (χ1) is 11.2. The number of amides is 1. The van der Waals surface area contributed by atoms with Gasteiger partial charge in [0.05, 0.1) is 19.2 Å². The van der Waals surface area contributed by atoms with Gasteiger partial charge in [-0.2, -0.15) is 0 Å². The van der Waals surface area contributed by atoms with Crippen LogP contribution in [0.2, 0.25) is 0 Å². The second-order valence-corrected chi connectivity index (χ2v) is 6.45. The third-order valence-electron chi connectivity index (χ3n) is 3.93. The van der Waals surface area contributed by atoms with Gasteiger partial charge in [-0.3, -0.25) is 4.79 Å². The molecule has 3 rings (SSSR count). The van der Waals surface area contributed by atoms with E-state index in [0.717, 1.165) is 24.3 Å². The summed E-state index contributed by atoms with van der Waals surface area (Å²) in [6.45, 7) is 0.700. The second-order valence-electron chi connectivity index (χ2n) is 5.48. The Balaban J connectivity index is 1.75. The van der Waals surface area contributed by atoms with E-state index in [1.807, 2.05) is 10.3 Å². The molecule has 0 unspecified atom stereocenters. The van der Waals surface area contributed by atoms with Crippen LogP contribution < -0.4 is 9.47 Å². The lowest BCUT2D eigenvalue weighted by atomic mass is 10.1. The van der Waals surface area contributed by atoms with Gasteiger partial charge in [0.15, 0.2) is 11.5 Å². The number of aromatic nitrogens is 1. The van der Waals surface area contributed by atoms with E-state index in [1.54, 1.807) is 50.0 Å². The summed E-state index contributed by atoms with van der Waals surface area (Å²) in [5.41, 5.74) is 0.633. The highest BCUT2D eigenvalue weighted by Crippen LogP contribution is 2.31. The molecular weight excluding hydrogens is 312 g/mol. The number of methoxy groups -OCH3 is 2. The van der Waals surface area contributed by atoms with E-state index in [2.05, 4.69) is 4.98 Å². The molecular formula is C17H20N2O3S. The van der Waals surface area contributed by atoms with E-state index in [1.165, 1.54) is 0 Å². The third-order valence-corrected chi connectivity index (χ3v) is 4.77. The van der Waals surface area contributed by atoms with E-state index < -0.39 is 0 Å². The lowest BCUT2D eigenvalue weighted by molar-refractivity contribution is 0.0744. The van der Waals surface area contributed by atoms with Gasteiger partial charge >= 0.3 is 0 Å². The number of hydrogen-bond donors (Lipinski definition) is 0. The van der Waals surface area contributed by atoms with Crippen molar-refractivity contribution in [1.29, 1.82) is 0 Å². The molecule has 1 aromatic carbocycles. The van der Waals surface area contributed by atoms with E-state index in [4.69, 9.17) is 9.47 Å². The lowest BCUT2D eigenvalue weighted by Crippen LogP contribution is -2.34. The van der Waals surface area contributed by atoms with Crippen LogP contribution in [0.25, 0.3) is 0 Å². The average Bonchev–Trinajstić information content (AvgIpc) is 3.29. The molecule has 5 nitrogen and oxygen atoms in total. The molecule has 0 saturated heterocycles. The molecule has 0 radical (unpaired) electrons. The topological polar surface area (TPSA) is 51.7 Å². The fraction of sp³-hybridized carbons (Fsp3) is 0.412. The van der Waals surface area contributed by atoms with Crippen molar-refractivity contribution in [3.8, 4) is 11.5 Å². The molecule has 1 saturated carbocycles. The summed E-state index contributed by atoms with van der Waals surface area (Å²) in [4.78, 5) is 19.1. The molecule has 1 aromatic heterocycles. The summed E-state index contributed by atoms with van der Waals surface area (Å²) < 4.78 is 10.5. The van der Waals surface area contributed by atoms with Crippen LogP contribution in [0.4, 0.5) is 0 Å². The quantitative estimate of drug-likeness (QED) is 0.782. The molecule has 0 atom stereocenters. The van der Waals surface area contributed by atoms with Crippen LogP contribution in [0, 0.1) is 0 Å². The maximum atomic E-state index is 12.9. The fourth-order valence-electron chi connectivity index (χ4n) is 2.56. The Hall–Kier alpha value is -2.08. The third kappa shape index (κ3) is 3.64. The molecule has 0 N–H and O–H groups in total. The molecule has 0 aliphatic heterocycles. The maximum Gasteiger partial charge on any atom is 0.254 e. The van der Waals surface area contributed by atoms with Crippen LogP contribution in [0.1, 0.15) is 28.2 Å². The Kier molecular flexibility index (Phi) is 4.81. The Labute approximate surface area is 139 Å². The Bertz CT molecular complexity index is 668. The zero-order valence-electron chi connectivity index (χ0n) is 13.3. The summed E-state index contributed by atoms with van der Waals surface area (Å²) in [6.07, 6.45) is 4.76. The summed E-state index contributed by atoms with van der Waals surface area (Å²) in [5.74, 6) is 1.25. The van der Waals surface area contributed by atoms with Crippen LogP contribution in [0.5, 0.6) is 11.5 Å². The van der Waals surface area contributed by atoms with Crippen molar-refractivity contribution in [3.63, 3.8) is 0 Å². The molecule has 122 valence electrons. The van der Waals surface area contributed by atoms with Crippen molar-refractivity contribution in [2.75, 3.05) is 20.8 Å². The monoisotopic (exact) mass is 332 g/mol. The van der Waals surface area contributed by atoms with Gasteiger partial charge in [-0.05, 0) is 31.0 Å². The average molecular weight is 332 g/mol. The number of carbonyl (C=O) groups is 1. The first-order valence-electron chi connectivity index (χ1n) is 7.64.